The van der Waals surface area contributed by atoms with Crippen LogP contribution in [0.2, 0.25) is 0 Å². The molecule has 5 heteroatoms. The molecule has 0 atom stereocenters. The average molecular weight is 422 g/mol. The van der Waals surface area contributed by atoms with Crippen LogP contribution in [0.15, 0.2) is 78.9 Å². The van der Waals surface area contributed by atoms with E-state index < -0.39 is 5.92 Å². The summed E-state index contributed by atoms with van der Waals surface area (Å²) in [6.07, 6.45) is 0. The molecule has 5 aromatic carbocycles. The molecular weight excluding hydrogens is 404 g/mol. The fourth-order valence-electron chi connectivity index (χ4n) is 4.80. The highest BCUT2D eigenvalue weighted by Gasteiger charge is 2.35. The van der Waals surface area contributed by atoms with Crippen molar-refractivity contribution < 1.29 is 25.2 Å². The van der Waals surface area contributed by atoms with Crippen LogP contribution in [0.5, 0.6) is 34.5 Å². The molecule has 5 aromatic rings. The number of phenolic OH excluding ortho intramolecular Hbond substituents is 4. The van der Waals surface area contributed by atoms with Gasteiger partial charge in [-0.05, 0) is 70.1 Å². The second kappa shape index (κ2) is 6.56. The van der Waals surface area contributed by atoms with Gasteiger partial charge in [0.2, 0.25) is 0 Å². The van der Waals surface area contributed by atoms with Crippen molar-refractivity contribution in [2.24, 2.45) is 0 Å². The van der Waals surface area contributed by atoms with Crippen molar-refractivity contribution in [3.05, 3.63) is 95.6 Å². The fourth-order valence-corrected chi connectivity index (χ4v) is 4.80. The van der Waals surface area contributed by atoms with Gasteiger partial charge >= 0.3 is 0 Å². The highest BCUT2D eigenvalue weighted by molar-refractivity contribution is 5.96. The Balaban J connectivity index is 1.78. The Labute approximate surface area is 183 Å². The first-order valence-electron chi connectivity index (χ1n) is 10.2. The summed E-state index contributed by atoms with van der Waals surface area (Å²) in [6.45, 7) is 0. The standard InChI is InChI=1S/C27H18O5/c28-16-6-8-18-14(12-16)4-10-22-24(18)27(26-20(30)2-1-3-21(26)31)25-19-9-7-17(29)13-15(19)5-11-23(25)32-22/h1-13,27-31H. The van der Waals surface area contributed by atoms with Crippen LogP contribution in [0.1, 0.15) is 22.6 Å². The first-order chi connectivity index (χ1) is 15.5. The first-order valence-corrected chi connectivity index (χ1v) is 10.2. The minimum Gasteiger partial charge on any atom is -0.508 e. The van der Waals surface area contributed by atoms with Crippen molar-refractivity contribution in [2.45, 2.75) is 5.92 Å². The summed E-state index contributed by atoms with van der Waals surface area (Å²) < 4.78 is 6.30. The molecule has 0 aromatic heterocycles. The average Bonchev–Trinajstić information content (AvgIpc) is 2.77. The maximum Gasteiger partial charge on any atom is 0.132 e. The molecule has 32 heavy (non-hydrogen) atoms. The summed E-state index contributed by atoms with van der Waals surface area (Å²) in [4.78, 5) is 0. The molecule has 0 radical (unpaired) electrons. The SMILES string of the molecule is Oc1ccc2c3c(ccc2c1)Oc1ccc2cc(O)ccc2c1C3c1c(O)cccc1O. The van der Waals surface area contributed by atoms with Crippen molar-refractivity contribution >= 4 is 21.5 Å². The van der Waals surface area contributed by atoms with Gasteiger partial charge in [0.1, 0.15) is 34.5 Å². The summed E-state index contributed by atoms with van der Waals surface area (Å²) in [7, 11) is 0. The second-order valence-electron chi connectivity index (χ2n) is 8.01. The van der Waals surface area contributed by atoms with Gasteiger partial charge in [-0.3, -0.25) is 0 Å². The smallest absolute Gasteiger partial charge is 0.132 e. The van der Waals surface area contributed by atoms with Gasteiger partial charge in [-0.2, -0.15) is 0 Å². The Morgan fingerprint density at radius 1 is 0.531 bits per heavy atom. The topological polar surface area (TPSA) is 90.2 Å². The molecule has 0 spiro atoms. The molecule has 0 saturated carbocycles. The van der Waals surface area contributed by atoms with Gasteiger partial charge in [0, 0.05) is 22.6 Å². The molecule has 0 amide bonds. The van der Waals surface area contributed by atoms with Crippen molar-refractivity contribution in [1.29, 1.82) is 0 Å². The van der Waals surface area contributed by atoms with Gasteiger partial charge in [-0.1, -0.05) is 30.3 Å². The quantitative estimate of drug-likeness (QED) is 0.257. The predicted octanol–water partition coefficient (Wildman–Crippen LogP) is 6.10. The van der Waals surface area contributed by atoms with E-state index in [1.165, 1.54) is 0 Å². The van der Waals surface area contributed by atoms with E-state index in [2.05, 4.69) is 0 Å². The maximum absolute atomic E-state index is 10.8. The minimum atomic E-state index is -0.545. The molecule has 1 aliphatic heterocycles. The Kier molecular flexibility index (Phi) is 3.77. The van der Waals surface area contributed by atoms with E-state index in [-0.39, 0.29) is 23.0 Å². The minimum absolute atomic E-state index is 0.0274. The van der Waals surface area contributed by atoms with Gasteiger partial charge in [0.25, 0.3) is 0 Å². The Bertz CT molecular complexity index is 1440. The molecule has 0 aliphatic carbocycles. The lowest BCUT2D eigenvalue weighted by atomic mass is 9.78. The monoisotopic (exact) mass is 422 g/mol. The van der Waals surface area contributed by atoms with Crippen molar-refractivity contribution in [2.75, 3.05) is 0 Å². The summed E-state index contributed by atoms with van der Waals surface area (Å²) in [5, 5.41) is 45.0. The van der Waals surface area contributed by atoms with Crippen LogP contribution < -0.4 is 4.74 Å². The van der Waals surface area contributed by atoms with Crippen LogP contribution >= 0.6 is 0 Å². The molecule has 0 saturated heterocycles. The van der Waals surface area contributed by atoms with E-state index in [4.69, 9.17) is 4.74 Å². The molecule has 0 unspecified atom stereocenters. The highest BCUT2D eigenvalue weighted by atomic mass is 16.5. The number of phenols is 4. The molecular formula is C27H18O5. The molecule has 1 aliphatic rings. The van der Waals surface area contributed by atoms with E-state index in [0.29, 0.717) is 17.1 Å². The Morgan fingerprint density at radius 3 is 1.53 bits per heavy atom. The van der Waals surface area contributed by atoms with Gasteiger partial charge in [-0.15, -0.1) is 0 Å². The predicted molar refractivity (Wildman–Crippen MR) is 122 cm³/mol. The van der Waals surface area contributed by atoms with Crippen LogP contribution in [0.4, 0.5) is 0 Å². The van der Waals surface area contributed by atoms with Crippen LogP contribution in [-0.4, -0.2) is 20.4 Å². The van der Waals surface area contributed by atoms with E-state index in [1.807, 2.05) is 36.4 Å². The number of ether oxygens (including phenoxy) is 1. The largest absolute Gasteiger partial charge is 0.508 e. The Hall–Kier alpha value is -4.38. The van der Waals surface area contributed by atoms with Crippen LogP contribution in [0.3, 0.4) is 0 Å². The number of fused-ring (bicyclic) bond motifs is 6. The number of hydrogen-bond donors (Lipinski definition) is 4. The zero-order chi connectivity index (χ0) is 22.0. The lowest BCUT2D eigenvalue weighted by Gasteiger charge is -2.31. The van der Waals surface area contributed by atoms with Crippen molar-refractivity contribution in [1.82, 2.24) is 0 Å². The third-order valence-electron chi connectivity index (χ3n) is 6.16. The zero-order valence-corrected chi connectivity index (χ0v) is 16.8. The zero-order valence-electron chi connectivity index (χ0n) is 16.8. The van der Waals surface area contributed by atoms with Crippen molar-refractivity contribution in [3.8, 4) is 34.5 Å². The summed E-state index contributed by atoms with van der Waals surface area (Å²) >= 11 is 0. The molecule has 4 N–H and O–H groups in total. The normalized spacial score (nSPS) is 13.0. The molecule has 1 heterocycles. The molecule has 0 bridgehead atoms. The van der Waals surface area contributed by atoms with Crippen LogP contribution in [-0.2, 0) is 0 Å². The van der Waals surface area contributed by atoms with Gasteiger partial charge in [0.05, 0.1) is 0 Å². The van der Waals surface area contributed by atoms with Crippen LogP contribution in [0, 0.1) is 0 Å². The fraction of sp³-hybridized carbons (Fsp3) is 0.0370. The number of benzene rings is 5. The van der Waals surface area contributed by atoms with Gasteiger partial charge in [-0.25, -0.2) is 0 Å². The van der Waals surface area contributed by atoms with Gasteiger partial charge in [0.15, 0.2) is 0 Å². The number of aromatic hydroxyl groups is 4. The highest BCUT2D eigenvalue weighted by Crippen LogP contribution is 2.55. The van der Waals surface area contributed by atoms with E-state index in [1.54, 1.807) is 42.5 Å². The Morgan fingerprint density at radius 2 is 1.03 bits per heavy atom. The summed E-state index contributed by atoms with van der Waals surface area (Å²) in [5.74, 6) is 0.926. The third-order valence-corrected chi connectivity index (χ3v) is 6.16. The lowest BCUT2D eigenvalue weighted by Crippen LogP contribution is -2.13. The van der Waals surface area contributed by atoms with Crippen molar-refractivity contribution in [3.63, 3.8) is 0 Å². The van der Waals surface area contributed by atoms with Gasteiger partial charge < -0.3 is 25.2 Å². The summed E-state index contributed by atoms with van der Waals surface area (Å²) in [5.41, 5.74) is 1.94. The second-order valence-corrected chi connectivity index (χ2v) is 8.01. The molecule has 0 fully saturated rings. The summed E-state index contributed by atoms with van der Waals surface area (Å²) in [6, 6.07) is 22.3. The lowest BCUT2D eigenvalue weighted by molar-refractivity contribution is 0.425. The number of rotatable bonds is 1. The molecule has 156 valence electrons. The van der Waals surface area contributed by atoms with E-state index >= 15 is 0 Å². The third kappa shape index (κ3) is 2.58. The van der Waals surface area contributed by atoms with E-state index in [0.717, 1.165) is 32.7 Å². The van der Waals surface area contributed by atoms with E-state index in [9.17, 15) is 20.4 Å². The first kappa shape index (κ1) is 18.4. The van der Waals surface area contributed by atoms with Crippen LogP contribution in [0.25, 0.3) is 21.5 Å². The molecule has 5 nitrogen and oxygen atoms in total. The number of hydrogen-bond acceptors (Lipinski definition) is 5. The molecule has 6 rings (SSSR count). The maximum atomic E-state index is 10.8.